The fraction of sp³-hybridized carbons (Fsp3) is 0.412. The lowest BCUT2D eigenvalue weighted by Crippen LogP contribution is -2.33. The highest BCUT2D eigenvalue weighted by atomic mass is 35.5. The number of halogens is 1. The Kier molecular flexibility index (Phi) is 4.57. The largest absolute Gasteiger partial charge is 0.477 e. The molecule has 1 amide bonds. The van der Waals surface area contributed by atoms with Gasteiger partial charge >= 0.3 is 5.97 Å². The number of rotatable bonds is 3. The van der Waals surface area contributed by atoms with E-state index in [1.807, 2.05) is 4.90 Å². The van der Waals surface area contributed by atoms with Crippen molar-refractivity contribution in [1.29, 1.82) is 0 Å². The van der Waals surface area contributed by atoms with E-state index in [2.05, 4.69) is 4.98 Å². The van der Waals surface area contributed by atoms with E-state index in [1.54, 1.807) is 18.2 Å². The number of H-pyrrole nitrogens is 1. The van der Waals surface area contributed by atoms with Crippen molar-refractivity contribution in [3.63, 3.8) is 0 Å². The van der Waals surface area contributed by atoms with Gasteiger partial charge in [-0.2, -0.15) is 0 Å². The van der Waals surface area contributed by atoms with Crippen LogP contribution in [0.1, 0.15) is 41.7 Å². The molecule has 0 radical (unpaired) electrons. The molecular weight excluding hydrogens is 316 g/mol. The first-order valence-electron chi connectivity index (χ1n) is 7.87. The Morgan fingerprint density at radius 2 is 1.87 bits per heavy atom. The van der Waals surface area contributed by atoms with Gasteiger partial charge < -0.3 is 15.0 Å². The minimum Gasteiger partial charge on any atom is -0.477 e. The number of likely N-dealkylation sites (tertiary alicyclic amines) is 1. The Hall–Kier alpha value is -2.01. The zero-order valence-electron chi connectivity index (χ0n) is 12.8. The van der Waals surface area contributed by atoms with E-state index >= 15 is 0 Å². The fourth-order valence-electron chi connectivity index (χ4n) is 3.17. The van der Waals surface area contributed by atoms with Crippen molar-refractivity contribution < 1.29 is 14.7 Å². The number of carbonyl (C=O) groups is 2. The second kappa shape index (κ2) is 6.62. The third-order valence-electron chi connectivity index (χ3n) is 4.37. The summed E-state index contributed by atoms with van der Waals surface area (Å²) in [5.41, 5.74) is 1.28. The molecule has 0 atom stereocenters. The van der Waals surface area contributed by atoms with Crippen LogP contribution in [0.25, 0.3) is 10.9 Å². The summed E-state index contributed by atoms with van der Waals surface area (Å²) in [5, 5.41) is 10.6. The first-order chi connectivity index (χ1) is 11.1. The summed E-state index contributed by atoms with van der Waals surface area (Å²) in [4.78, 5) is 28.8. The van der Waals surface area contributed by atoms with Crippen molar-refractivity contribution in [2.75, 3.05) is 13.1 Å². The highest BCUT2D eigenvalue weighted by Crippen LogP contribution is 2.27. The van der Waals surface area contributed by atoms with Crippen LogP contribution in [0.5, 0.6) is 0 Å². The zero-order chi connectivity index (χ0) is 16.4. The van der Waals surface area contributed by atoms with Crippen molar-refractivity contribution in [3.05, 3.63) is 34.5 Å². The molecule has 3 rings (SSSR count). The maximum absolute atomic E-state index is 12.6. The molecule has 0 unspecified atom stereocenters. The Morgan fingerprint density at radius 3 is 2.52 bits per heavy atom. The molecule has 122 valence electrons. The highest BCUT2D eigenvalue weighted by Gasteiger charge is 2.23. The number of amides is 1. The van der Waals surface area contributed by atoms with E-state index in [1.165, 1.54) is 0 Å². The van der Waals surface area contributed by atoms with Crippen LogP contribution in [0.2, 0.25) is 5.02 Å². The lowest BCUT2D eigenvalue weighted by molar-refractivity contribution is -0.130. The summed E-state index contributed by atoms with van der Waals surface area (Å²) in [5.74, 6) is -1.08. The number of carbonyl (C=O) groups excluding carboxylic acids is 1. The number of fused-ring (bicyclic) bond motifs is 1. The predicted octanol–water partition coefficient (Wildman–Crippen LogP) is 3.46. The first kappa shape index (κ1) is 15.9. The molecule has 2 heterocycles. The molecular formula is C17H19ClN2O3. The number of nitrogens with one attached hydrogen (secondary N) is 1. The summed E-state index contributed by atoms with van der Waals surface area (Å²) < 4.78 is 0. The van der Waals surface area contributed by atoms with Gasteiger partial charge in [0.05, 0.1) is 6.42 Å². The zero-order valence-corrected chi connectivity index (χ0v) is 13.5. The maximum atomic E-state index is 12.6. The van der Waals surface area contributed by atoms with E-state index in [0.29, 0.717) is 21.5 Å². The number of hydrogen-bond acceptors (Lipinski definition) is 2. The van der Waals surface area contributed by atoms with Crippen molar-refractivity contribution in [2.45, 2.75) is 32.1 Å². The van der Waals surface area contributed by atoms with E-state index in [0.717, 1.165) is 38.8 Å². The second-order valence-corrected chi connectivity index (χ2v) is 6.38. The molecule has 1 aromatic heterocycles. The molecule has 6 heteroatoms. The van der Waals surface area contributed by atoms with Gasteiger partial charge in [-0.05, 0) is 31.0 Å². The quantitative estimate of drug-likeness (QED) is 0.902. The molecule has 1 saturated heterocycles. The van der Waals surface area contributed by atoms with Crippen LogP contribution in [0.3, 0.4) is 0 Å². The average molecular weight is 335 g/mol. The van der Waals surface area contributed by atoms with Crippen LogP contribution < -0.4 is 0 Å². The van der Waals surface area contributed by atoms with Crippen LogP contribution in [0.15, 0.2) is 18.2 Å². The van der Waals surface area contributed by atoms with E-state index < -0.39 is 5.97 Å². The van der Waals surface area contributed by atoms with Crippen LogP contribution in [-0.2, 0) is 11.2 Å². The maximum Gasteiger partial charge on any atom is 0.352 e. The lowest BCUT2D eigenvalue weighted by Gasteiger charge is -2.20. The molecule has 0 aliphatic carbocycles. The van der Waals surface area contributed by atoms with Gasteiger partial charge in [0, 0.05) is 34.6 Å². The number of carboxylic acids is 1. The number of hydrogen-bond donors (Lipinski definition) is 2. The van der Waals surface area contributed by atoms with Gasteiger partial charge in [-0.3, -0.25) is 4.79 Å². The number of nitrogens with zero attached hydrogens (tertiary/aromatic N) is 1. The smallest absolute Gasteiger partial charge is 0.352 e. The Bertz CT molecular complexity index is 746. The number of aromatic nitrogens is 1. The molecule has 5 nitrogen and oxygen atoms in total. The fourth-order valence-corrected chi connectivity index (χ4v) is 3.34. The van der Waals surface area contributed by atoms with Crippen molar-refractivity contribution >= 4 is 34.4 Å². The average Bonchev–Trinajstić information content (AvgIpc) is 2.71. The monoisotopic (exact) mass is 334 g/mol. The van der Waals surface area contributed by atoms with Gasteiger partial charge in [0.2, 0.25) is 5.91 Å². The summed E-state index contributed by atoms with van der Waals surface area (Å²) in [6.45, 7) is 1.51. The summed E-state index contributed by atoms with van der Waals surface area (Å²) in [7, 11) is 0. The lowest BCUT2D eigenvalue weighted by atomic mass is 10.1. The molecule has 1 aliphatic rings. The summed E-state index contributed by atoms with van der Waals surface area (Å²) in [6, 6.07) is 5.15. The topological polar surface area (TPSA) is 73.4 Å². The van der Waals surface area contributed by atoms with Crippen molar-refractivity contribution in [2.24, 2.45) is 0 Å². The molecule has 1 fully saturated rings. The highest BCUT2D eigenvalue weighted by molar-refractivity contribution is 6.31. The minimum absolute atomic E-state index is 0.0183. The molecule has 1 aliphatic heterocycles. The van der Waals surface area contributed by atoms with Gasteiger partial charge in [0.15, 0.2) is 0 Å². The van der Waals surface area contributed by atoms with Crippen LogP contribution >= 0.6 is 11.6 Å². The van der Waals surface area contributed by atoms with E-state index in [9.17, 15) is 14.7 Å². The van der Waals surface area contributed by atoms with Gasteiger partial charge in [-0.25, -0.2) is 4.79 Å². The van der Waals surface area contributed by atoms with Crippen LogP contribution in [-0.4, -0.2) is 40.0 Å². The predicted molar refractivity (Wildman–Crippen MR) is 89.0 cm³/mol. The summed E-state index contributed by atoms with van der Waals surface area (Å²) >= 11 is 6.03. The third-order valence-corrected chi connectivity index (χ3v) is 4.60. The Labute approximate surface area is 139 Å². The van der Waals surface area contributed by atoms with Gasteiger partial charge in [0.25, 0.3) is 0 Å². The molecule has 0 spiro atoms. The molecule has 0 saturated carbocycles. The first-order valence-corrected chi connectivity index (χ1v) is 8.25. The normalized spacial score (nSPS) is 15.6. The minimum atomic E-state index is -1.06. The molecule has 1 aromatic carbocycles. The summed E-state index contributed by atoms with van der Waals surface area (Å²) in [6.07, 6.45) is 4.40. The standard InChI is InChI=1S/C17H19ClN2O3/c18-11-5-6-14-12(9-11)13(16(19-14)17(22)23)10-15(21)20-7-3-1-2-4-8-20/h5-6,9,19H,1-4,7-8,10H2,(H,22,23). The molecule has 0 bridgehead atoms. The van der Waals surface area contributed by atoms with Crippen molar-refractivity contribution in [1.82, 2.24) is 9.88 Å². The van der Waals surface area contributed by atoms with Gasteiger partial charge in [0.1, 0.15) is 5.69 Å². The number of aromatic amines is 1. The van der Waals surface area contributed by atoms with Gasteiger partial charge in [-0.1, -0.05) is 24.4 Å². The Morgan fingerprint density at radius 1 is 1.17 bits per heavy atom. The number of aromatic carboxylic acids is 1. The molecule has 23 heavy (non-hydrogen) atoms. The number of benzene rings is 1. The van der Waals surface area contributed by atoms with Crippen molar-refractivity contribution in [3.8, 4) is 0 Å². The SMILES string of the molecule is O=C(O)c1[nH]c2ccc(Cl)cc2c1CC(=O)N1CCCCCC1. The Balaban J connectivity index is 1.94. The van der Waals surface area contributed by atoms with E-state index in [4.69, 9.17) is 11.6 Å². The molecule has 2 N–H and O–H groups in total. The second-order valence-electron chi connectivity index (χ2n) is 5.95. The molecule has 2 aromatic rings. The van der Waals surface area contributed by atoms with Crippen LogP contribution in [0.4, 0.5) is 0 Å². The third kappa shape index (κ3) is 3.34. The number of carboxylic acid groups (broad SMARTS) is 1. The van der Waals surface area contributed by atoms with E-state index in [-0.39, 0.29) is 18.0 Å². The van der Waals surface area contributed by atoms with Crippen LogP contribution in [0, 0.1) is 0 Å². The van der Waals surface area contributed by atoms with Gasteiger partial charge in [-0.15, -0.1) is 0 Å².